The number of fused-ring (bicyclic) bond motifs is 1. The number of hydrogen-bond acceptors (Lipinski definition) is 7. The predicted molar refractivity (Wildman–Crippen MR) is 99.3 cm³/mol. The van der Waals surface area contributed by atoms with Crippen molar-refractivity contribution in [2.24, 2.45) is 0 Å². The highest BCUT2D eigenvalue weighted by Gasteiger charge is 2.18. The summed E-state index contributed by atoms with van der Waals surface area (Å²) >= 11 is 6.12. The number of halogens is 1. The van der Waals surface area contributed by atoms with E-state index in [0.29, 0.717) is 0 Å². The van der Waals surface area contributed by atoms with Gasteiger partial charge >= 0.3 is 0 Å². The molecule has 0 unspecified atom stereocenters. The van der Waals surface area contributed by atoms with Crippen LogP contribution in [0, 0.1) is 0 Å². The summed E-state index contributed by atoms with van der Waals surface area (Å²) in [5.41, 5.74) is 7.52. The maximum Gasteiger partial charge on any atom is 0.274 e. The SMILES string of the molecule is Nc1nc(-n2ccnn2)c(Cl)nc1C(=O)NCc1cccc2cccnc12. The number of nitrogens with one attached hydrogen (secondary N) is 1. The van der Waals surface area contributed by atoms with Gasteiger partial charge in [-0.05, 0) is 11.6 Å². The molecule has 0 aliphatic rings. The highest BCUT2D eigenvalue weighted by Crippen LogP contribution is 2.19. The fraction of sp³-hybridized carbons (Fsp3) is 0.0588. The van der Waals surface area contributed by atoms with Crippen molar-refractivity contribution >= 4 is 34.2 Å². The molecule has 134 valence electrons. The van der Waals surface area contributed by atoms with Gasteiger partial charge in [0.05, 0.1) is 17.9 Å². The van der Waals surface area contributed by atoms with Gasteiger partial charge in [-0.1, -0.05) is 41.1 Å². The molecule has 4 aromatic rings. The van der Waals surface area contributed by atoms with Crippen LogP contribution in [0.3, 0.4) is 0 Å². The fourth-order valence-corrected chi connectivity index (χ4v) is 2.84. The van der Waals surface area contributed by atoms with Crippen molar-refractivity contribution in [1.82, 2.24) is 35.3 Å². The zero-order valence-corrected chi connectivity index (χ0v) is 14.6. The maximum atomic E-state index is 12.5. The summed E-state index contributed by atoms with van der Waals surface area (Å²) in [5, 5.41) is 11.2. The van der Waals surface area contributed by atoms with Crippen LogP contribution in [0.15, 0.2) is 48.9 Å². The van der Waals surface area contributed by atoms with Crippen molar-refractivity contribution in [2.45, 2.75) is 6.54 Å². The average molecular weight is 381 g/mol. The summed E-state index contributed by atoms with van der Waals surface area (Å²) in [7, 11) is 0. The number of nitrogen functional groups attached to an aromatic ring is 1. The molecule has 1 aromatic carbocycles. The normalized spacial score (nSPS) is 10.9. The summed E-state index contributed by atoms with van der Waals surface area (Å²) in [4.78, 5) is 25.1. The van der Waals surface area contributed by atoms with Crippen LogP contribution in [0.1, 0.15) is 16.1 Å². The van der Waals surface area contributed by atoms with Crippen LogP contribution in [0.4, 0.5) is 5.82 Å². The smallest absolute Gasteiger partial charge is 0.274 e. The Kier molecular flexibility index (Phi) is 4.35. The number of amides is 1. The van der Waals surface area contributed by atoms with Gasteiger partial charge in [-0.3, -0.25) is 9.78 Å². The van der Waals surface area contributed by atoms with Gasteiger partial charge in [-0.25, -0.2) is 9.97 Å². The minimum absolute atomic E-state index is 0.00771. The van der Waals surface area contributed by atoms with Crippen molar-refractivity contribution < 1.29 is 4.79 Å². The molecule has 27 heavy (non-hydrogen) atoms. The number of anilines is 1. The number of benzene rings is 1. The van der Waals surface area contributed by atoms with E-state index in [-0.39, 0.29) is 29.0 Å². The van der Waals surface area contributed by atoms with Crippen LogP contribution in [0.5, 0.6) is 0 Å². The van der Waals surface area contributed by atoms with Gasteiger partial charge in [0, 0.05) is 18.1 Å². The molecule has 3 heterocycles. The number of rotatable bonds is 4. The first-order valence-electron chi connectivity index (χ1n) is 7.94. The largest absolute Gasteiger partial charge is 0.382 e. The summed E-state index contributed by atoms with van der Waals surface area (Å²) in [6.07, 6.45) is 4.72. The van der Waals surface area contributed by atoms with E-state index in [1.54, 1.807) is 12.4 Å². The number of hydrogen-bond donors (Lipinski definition) is 2. The predicted octanol–water partition coefficient (Wildman–Crippen LogP) is 1.77. The molecule has 0 saturated carbocycles. The van der Waals surface area contributed by atoms with Crippen LogP contribution >= 0.6 is 11.6 Å². The average Bonchev–Trinajstić information content (AvgIpc) is 3.22. The minimum Gasteiger partial charge on any atom is -0.382 e. The molecule has 10 heteroatoms. The van der Waals surface area contributed by atoms with E-state index in [2.05, 4.69) is 30.6 Å². The topological polar surface area (TPSA) is 125 Å². The monoisotopic (exact) mass is 380 g/mol. The Balaban J connectivity index is 1.57. The zero-order valence-electron chi connectivity index (χ0n) is 13.9. The van der Waals surface area contributed by atoms with Crippen LogP contribution in [0.2, 0.25) is 5.15 Å². The third-order valence-corrected chi connectivity index (χ3v) is 4.13. The summed E-state index contributed by atoms with van der Waals surface area (Å²) in [6, 6.07) is 9.58. The lowest BCUT2D eigenvalue weighted by Crippen LogP contribution is -2.26. The summed E-state index contributed by atoms with van der Waals surface area (Å²) in [6.45, 7) is 0.261. The zero-order chi connectivity index (χ0) is 18.8. The Bertz CT molecular complexity index is 1120. The van der Waals surface area contributed by atoms with Crippen LogP contribution in [-0.4, -0.2) is 35.9 Å². The quantitative estimate of drug-likeness (QED) is 0.552. The van der Waals surface area contributed by atoms with Gasteiger partial charge in [0.1, 0.15) is 0 Å². The van der Waals surface area contributed by atoms with E-state index in [4.69, 9.17) is 17.3 Å². The number of pyridine rings is 1. The first-order valence-corrected chi connectivity index (χ1v) is 8.32. The molecule has 0 radical (unpaired) electrons. The van der Waals surface area contributed by atoms with Gasteiger partial charge in [0.2, 0.25) is 0 Å². The lowest BCUT2D eigenvalue weighted by atomic mass is 10.1. The van der Waals surface area contributed by atoms with Crippen LogP contribution in [-0.2, 0) is 6.54 Å². The molecular weight excluding hydrogens is 368 g/mol. The van der Waals surface area contributed by atoms with Crippen LogP contribution in [0.25, 0.3) is 16.7 Å². The number of nitrogens with two attached hydrogens (primary N) is 1. The Morgan fingerprint density at radius 1 is 1.19 bits per heavy atom. The van der Waals surface area contributed by atoms with Crippen molar-refractivity contribution in [2.75, 3.05) is 5.73 Å². The summed E-state index contributed by atoms with van der Waals surface area (Å²) in [5.74, 6) is -0.347. The number of carbonyl (C=O) groups is 1. The van der Waals surface area contributed by atoms with Crippen molar-refractivity contribution in [3.63, 3.8) is 0 Å². The van der Waals surface area contributed by atoms with Crippen molar-refractivity contribution in [1.29, 1.82) is 0 Å². The standard InChI is InChI=1S/C17H13ClN8O/c18-14-16(26-8-7-22-25-26)24-15(19)13(23-14)17(27)21-9-11-4-1-3-10-5-2-6-20-12(10)11/h1-8H,9H2,(H2,19,24)(H,21,27). The first-order chi connectivity index (χ1) is 13.1. The van der Waals surface area contributed by atoms with E-state index in [9.17, 15) is 4.79 Å². The molecule has 0 aliphatic heterocycles. The molecule has 0 spiro atoms. The second-order valence-electron chi connectivity index (χ2n) is 5.59. The molecule has 9 nitrogen and oxygen atoms in total. The Hall–Kier alpha value is -3.59. The molecule has 0 bridgehead atoms. The van der Waals surface area contributed by atoms with E-state index in [1.165, 1.54) is 10.9 Å². The van der Waals surface area contributed by atoms with Crippen LogP contribution < -0.4 is 11.1 Å². The van der Waals surface area contributed by atoms with Gasteiger partial charge in [-0.15, -0.1) is 5.10 Å². The molecule has 0 fully saturated rings. The molecule has 0 saturated heterocycles. The number of para-hydroxylation sites is 1. The second-order valence-corrected chi connectivity index (χ2v) is 5.95. The molecule has 0 aliphatic carbocycles. The Labute approximate surface area is 158 Å². The van der Waals surface area contributed by atoms with E-state index in [0.717, 1.165) is 16.5 Å². The third kappa shape index (κ3) is 3.27. The Morgan fingerprint density at radius 2 is 2.04 bits per heavy atom. The number of aromatic nitrogens is 6. The first kappa shape index (κ1) is 16.9. The fourth-order valence-electron chi connectivity index (χ4n) is 2.62. The maximum absolute atomic E-state index is 12.5. The van der Waals surface area contributed by atoms with Gasteiger partial charge in [-0.2, -0.15) is 4.68 Å². The molecule has 3 N–H and O–H groups in total. The molecule has 4 rings (SSSR count). The molecule has 0 atom stereocenters. The number of nitrogens with zero attached hydrogens (tertiary/aromatic N) is 6. The minimum atomic E-state index is -0.486. The molecule has 1 amide bonds. The third-order valence-electron chi connectivity index (χ3n) is 3.87. The van der Waals surface area contributed by atoms with Gasteiger partial charge in [0.15, 0.2) is 22.5 Å². The lowest BCUT2D eigenvalue weighted by molar-refractivity contribution is 0.0946. The molecular formula is C17H13ClN8O. The molecule has 3 aromatic heterocycles. The number of carbonyl (C=O) groups excluding carboxylic acids is 1. The highest BCUT2D eigenvalue weighted by molar-refractivity contribution is 6.31. The van der Waals surface area contributed by atoms with Crippen molar-refractivity contribution in [3.8, 4) is 5.82 Å². The highest BCUT2D eigenvalue weighted by atomic mass is 35.5. The van der Waals surface area contributed by atoms with E-state index in [1.807, 2.05) is 30.3 Å². The van der Waals surface area contributed by atoms with E-state index < -0.39 is 5.91 Å². The van der Waals surface area contributed by atoms with Crippen molar-refractivity contribution in [3.05, 3.63) is 65.3 Å². The lowest BCUT2D eigenvalue weighted by Gasteiger charge is -2.10. The Morgan fingerprint density at radius 3 is 2.85 bits per heavy atom. The summed E-state index contributed by atoms with van der Waals surface area (Å²) < 4.78 is 1.31. The van der Waals surface area contributed by atoms with Gasteiger partial charge in [0.25, 0.3) is 5.91 Å². The van der Waals surface area contributed by atoms with Gasteiger partial charge < -0.3 is 11.1 Å². The van der Waals surface area contributed by atoms with E-state index >= 15 is 0 Å². The second kappa shape index (κ2) is 6.96.